The minimum atomic E-state index is -0.211. The maximum absolute atomic E-state index is 13.2. The van der Waals surface area contributed by atoms with E-state index in [0.29, 0.717) is 36.5 Å². The van der Waals surface area contributed by atoms with Crippen LogP contribution in [0.15, 0.2) is 18.2 Å². The Bertz CT molecular complexity index is 854. The Morgan fingerprint density at radius 1 is 1.22 bits per heavy atom. The third kappa shape index (κ3) is 5.59. The summed E-state index contributed by atoms with van der Waals surface area (Å²) in [6.07, 6.45) is 2.01. The number of rotatable bonds is 4. The van der Waals surface area contributed by atoms with Crippen molar-refractivity contribution in [3.63, 3.8) is 0 Å². The van der Waals surface area contributed by atoms with E-state index >= 15 is 0 Å². The Hall–Kier alpha value is -2.61. The number of nitrogens with zero attached hydrogens (tertiary/aromatic N) is 2. The summed E-state index contributed by atoms with van der Waals surface area (Å²) in [5.41, 5.74) is 0.984. The quantitative estimate of drug-likeness (QED) is 0.770. The standard InChI is InChI=1S/C24H35N3O5/c1-6-22(28)25-18-9-10-19-20(11-18)32-14-16(3)27(23(29)17-7-8-17)12-15(2)21(31-5)13-26(4)24(19)30/h9-11,15-17,21H,6-8,12-14H2,1-5H3,(H,25,28)/t15-,16-,21-/m0/s1. The van der Waals surface area contributed by atoms with Gasteiger partial charge in [0.1, 0.15) is 12.4 Å². The fraction of sp³-hybridized carbons (Fsp3) is 0.625. The Morgan fingerprint density at radius 3 is 2.56 bits per heavy atom. The summed E-state index contributed by atoms with van der Waals surface area (Å²) in [7, 11) is 3.38. The number of hydrogen-bond donors (Lipinski definition) is 1. The van der Waals surface area contributed by atoms with Gasteiger partial charge >= 0.3 is 0 Å². The fourth-order valence-electron chi connectivity index (χ4n) is 3.97. The summed E-state index contributed by atoms with van der Waals surface area (Å²) in [4.78, 5) is 41.6. The molecule has 0 radical (unpaired) electrons. The first-order chi connectivity index (χ1) is 15.2. The van der Waals surface area contributed by atoms with E-state index in [1.54, 1.807) is 44.2 Å². The van der Waals surface area contributed by atoms with Crippen LogP contribution in [0.3, 0.4) is 0 Å². The van der Waals surface area contributed by atoms with E-state index in [1.165, 1.54) is 0 Å². The van der Waals surface area contributed by atoms with E-state index in [4.69, 9.17) is 9.47 Å². The van der Waals surface area contributed by atoms with Crippen LogP contribution >= 0.6 is 0 Å². The minimum Gasteiger partial charge on any atom is -0.491 e. The molecule has 3 rings (SSSR count). The molecule has 1 saturated carbocycles. The van der Waals surface area contributed by atoms with E-state index in [1.807, 2.05) is 11.8 Å². The molecule has 0 unspecified atom stereocenters. The number of anilines is 1. The van der Waals surface area contributed by atoms with Crippen LogP contribution in [-0.4, -0.2) is 73.5 Å². The number of amides is 3. The molecular formula is C24H35N3O5. The zero-order chi connectivity index (χ0) is 23.4. The van der Waals surface area contributed by atoms with Crippen molar-refractivity contribution in [1.29, 1.82) is 0 Å². The number of likely N-dealkylation sites (N-methyl/N-ethyl adjacent to an activating group) is 1. The highest BCUT2D eigenvalue weighted by atomic mass is 16.5. The van der Waals surface area contributed by atoms with Crippen LogP contribution in [0.25, 0.3) is 0 Å². The lowest BCUT2D eigenvalue weighted by Gasteiger charge is -2.36. The van der Waals surface area contributed by atoms with Crippen molar-refractivity contribution in [2.24, 2.45) is 11.8 Å². The average Bonchev–Trinajstić information content (AvgIpc) is 3.63. The highest BCUT2D eigenvalue weighted by Gasteiger charge is 2.37. The van der Waals surface area contributed by atoms with Crippen LogP contribution in [0.2, 0.25) is 0 Å². The van der Waals surface area contributed by atoms with Crippen LogP contribution in [0, 0.1) is 11.8 Å². The van der Waals surface area contributed by atoms with Gasteiger partial charge in [-0.3, -0.25) is 14.4 Å². The van der Waals surface area contributed by atoms with Gasteiger partial charge in [-0.25, -0.2) is 0 Å². The number of carbonyl (C=O) groups is 3. The van der Waals surface area contributed by atoms with Gasteiger partial charge in [-0.1, -0.05) is 13.8 Å². The van der Waals surface area contributed by atoms with Crippen molar-refractivity contribution in [2.75, 3.05) is 39.2 Å². The predicted octanol–water partition coefficient (Wildman–Crippen LogP) is 2.78. The van der Waals surface area contributed by atoms with Gasteiger partial charge in [0.2, 0.25) is 11.8 Å². The van der Waals surface area contributed by atoms with Crippen molar-refractivity contribution in [2.45, 2.75) is 52.2 Å². The molecule has 1 fully saturated rings. The number of benzene rings is 1. The molecule has 176 valence electrons. The SMILES string of the molecule is CCC(=O)Nc1ccc2c(c1)OC[C@H](C)N(C(=O)C1CC1)C[C@H](C)[C@@H](OC)CN(C)C2=O. The normalized spacial score (nSPS) is 24.7. The van der Waals surface area contributed by atoms with Crippen LogP contribution < -0.4 is 10.1 Å². The summed E-state index contributed by atoms with van der Waals surface area (Å²) in [5, 5.41) is 2.81. The topological polar surface area (TPSA) is 88.2 Å². The molecular weight excluding hydrogens is 410 g/mol. The minimum absolute atomic E-state index is 0.0472. The zero-order valence-corrected chi connectivity index (χ0v) is 19.7. The van der Waals surface area contributed by atoms with Crippen LogP contribution in [0.1, 0.15) is 50.4 Å². The number of fused-ring (bicyclic) bond motifs is 1. The first-order valence-electron chi connectivity index (χ1n) is 11.4. The largest absolute Gasteiger partial charge is 0.491 e. The molecule has 1 N–H and O–H groups in total. The van der Waals surface area contributed by atoms with Gasteiger partial charge < -0.3 is 24.6 Å². The molecule has 0 bridgehead atoms. The fourth-order valence-corrected chi connectivity index (χ4v) is 3.97. The molecule has 32 heavy (non-hydrogen) atoms. The first-order valence-corrected chi connectivity index (χ1v) is 11.4. The molecule has 1 aliphatic heterocycles. The smallest absolute Gasteiger partial charge is 0.257 e. The van der Waals surface area contributed by atoms with Crippen molar-refractivity contribution in [3.05, 3.63) is 23.8 Å². The van der Waals surface area contributed by atoms with Gasteiger partial charge in [-0.05, 0) is 31.9 Å². The molecule has 0 spiro atoms. The van der Waals surface area contributed by atoms with Crippen molar-refractivity contribution >= 4 is 23.4 Å². The molecule has 1 aromatic carbocycles. The number of carbonyl (C=O) groups excluding carboxylic acids is 3. The third-order valence-corrected chi connectivity index (χ3v) is 6.26. The van der Waals surface area contributed by atoms with Gasteiger partial charge in [0.25, 0.3) is 5.91 Å². The zero-order valence-electron chi connectivity index (χ0n) is 19.7. The lowest BCUT2D eigenvalue weighted by atomic mass is 10.0. The number of ether oxygens (including phenoxy) is 2. The van der Waals surface area contributed by atoms with E-state index in [9.17, 15) is 14.4 Å². The molecule has 0 saturated heterocycles. The van der Waals surface area contributed by atoms with Crippen LogP contribution in [-0.2, 0) is 14.3 Å². The predicted molar refractivity (Wildman–Crippen MR) is 122 cm³/mol. The maximum atomic E-state index is 13.2. The molecule has 8 nitrogen and oxygen atoms in total. The first kappa shape index (κ1) is 24.0. The number of methoxy groups -OCH3 is 1. The summed E-state index contributed by atoms with van der Waals surface area (Å²) < 4.78 is 11.8. The summed E-state index contributed by atoms with van der Waals surface area (Å²) in [5.74, 6) is 0.407. The lowest BCUT2D eigenvalue weighted by molar-refractivity contribution is -0.136. The Labute approximate surface area is 190 Å². The van der Waals surface area contributed by atoms with Gasteiger partial charge in [-0.15, -0.1) is 0 Å². The van der Waals surface area contributed by atoms with Crippen molar-refractivity contribution in [3.8, 4) is 5.75 Å². The highest BCUT2D eigenvalue weighted by Crippen LogP contribution is 2.33. The number of nitrogens with one attached hydrogen (secondary N) is 1. The Morgan fingerprint density at radius 2 is 1.94 bits per heavy atom. The summed E-state index contributed by atoms with van der Waals surface area (Å²) in [6, 6.07) is 4.89. The molecule has 1 aromatic rings. The van der Waals surface area contributed by atoms with Crippen LogP contribution in [0.4, 0.5) is 5.69 Å². The van der Waals surface area contributed by atoms with E-state index in [2.05, 4.69) is 12.2 Å². The van der Waals surface area contributed by atoms with Crippen molar-refractivity contribution in [1.82, 2.24) is 9.80 Å². The summed E-state index contributed by atoms with van der Waals surface area (Å²) >= 11 is 0. The van der Waals surface area contributed by atoms with Crippen molar-refractivity contribution < 1.29 is 23.9 Å². The Kier molecular flexibility index (Phi) is 7.77. The maximum Gasteiger partial charge on any atom is 0.257 e. The molecule has 3 amide bonds. The second-order valence-corrected chi connectivity index (χ2v) is 8.97. The molecule has 1 aliphatic carbocycles. The molecule has 8 heteroatoms. The van der Waals surface area contributed by atoms with E-state index in [-0.39, 0.29) is 48.3 Å². The lowest BCUT2D eigenvalue weighted by Crippen LogP contribution is -2.49. The third-order valence-electron chi connectivity index (χ3n) is 6.26. The van der Waals surface area contributed by atoms with Gasteiger partial charge in [0.05, 0.1) is 17.7 Å². The summed E-state index contributed by atoms with van der Waals surface area (Å²) in [6.45, 7) is 6.98. The molecule has 1 heterocycles. The molecule has 2 aliphatic rings. The number of hydrogen-bond acceptors (Lipinski definition) is 5. The second kappa shape index (κ2) is 10.3. The van der Waals surface area contributed by atoms with Gasteiger partial charge in [-0.2, -0.15) is 0 Å². The average molecular weight is 446 g/mol. The second-order valence-electron chi connectivity index (χ2n) is 8.97. The monoisotopic (exact) mass is 445 g/mol. The van der Waals surface area contributed by atoms with Gasteiger partial charge in [0.15, 0.2) is 0 Å². The Balaban J connectivity index is 1.94. The van der Waals surface area contributed by atoms with Gasteiger partial charge in [0, 0.05) is 57.3 Å². The highest BCUT2D eigenvalue weighted by molar-refractivity contribution is 5.98. The molecule has 3 atom stereocenters. The molecule has 0 aromatic heterocycles. The van der Waals surface area contributed by atoms with E-state index < -0.39 is 0 Å². The van der Waals surface area contributed by atoms with E-state index in [0.717, 1.165) is 12.8 Å². The van der Waals surface area contributed by atoms with Crippen LogP contribution in [0.5, 0.6) is 5.75 Å².